The molecule has 0 spiro atoms. The summed E-state index contributed by atoms with van der Waals surface area (Å²) < 4.78 is 0. The van der Waals surface area contributed by atoms with Gasteiger partial charge in [-0.3, -0.25) is 9.69 Å². The van der Waals surface area contributed by atoms with Crippen LogP contribution in [0.25, 0.3) is 0 Å². The minimum atomic E-state index is -0.484. The first-order valence-corrected chi connectivity index (χ1v) is 7.83. The SMILES string of the molecule is CCC1CCC(C#N)C(N2CCN(C)C(=O)C2(C)C)C1. The number of nitriles is 1. The Bertz CT molecular complexity index is 412. The topological polar surface area (TPSA) is 47.3 Å². The minimum Gasteiger partial charge on any atom is -0.343 e. The van der Waals surface area contributed by atoms with E-state index >= 15 is 0 Å². The fourth-order valence-electron chi connectivity index (χ4n) is 3.91. The molecule has 1 aliphatic heterocycles. The highest BCUT2D eigenvalue weighted by Gasteiger charge is 2.46. The summed E-state index contributed by atoms with van der Waals surface area (Å²) >= 11 is 0. The minimum absolute atomic E-state index is 0.0771. The van der Waals surface area contributed by atoms with Crippen LogP contribution in [-0.2, 0) is 4.79 Å². The molecule has 2 fully saturated rings. The van der Waals surface area contributed by atoms with Crippen LogP contribution in [0.1, 0.15) is 46.5 Å². The van der Waals surface area contributed by atoms with Crippen LogP contribution in [0.5, 0.6) is 0 Å². The van der Waals surface area contributed by atoms with Crippen LogP contribution in [0.4, 0.5) is 0 Å². The third kappa shape index (κ3) is 2.56. The van der Waals surface area contributed by atoms with Crippen molar-refractivity contribution in [2.24, 2.45) is 11.8 Å². The second kappa shape index (κ2) is 5.73. The third-order valence-corrected chi connectivity index (χ3v) is 5.33. The van der Waals surface area contributed by atoms with Gasteiger partial charge in [0.15, 0.2) is 0 Å². The number of hydrogen-bond acceptors (Lipinski definition) is 3. The number of hydrogen-bond donors (Lipinski definition) is 0. The van der Waals surface area contributed by atoms with Gasteiger partial charge in [0.2, 0.25) is 5.91 Å². The molecule has 4 nitrogen and oxygen atoms in total. The summed E-state index contributed by atoms with van der Waals surface area (Å²) in [6, 6.07) is 2.74. The van der Waals surface area contributed by atoms with Crippen LogP contribution in [0.3, 0.4) is 0 Å². The van der Waals surface area contributed by atoms with E-state index in [1.165, 1.54) is 6.42 Å². The predicted molar refractivity (Wildman–Crippen MR) is 78.9 cm³/mol. The van der Waals surface area contributed by atoms with Crippen molar-refractivity contribution in [1.29, 1.82) is 5.26 Å². The lowest BCUT2D eigenvalue weighted by Gasteiger charge is -2.51. The molecule has 1 saturated carbocycles. The highest BCUT2D eigenvalue weighted by molar-refractivity contribution is 5.86. The number of carbonyl (C=O) groups is 1. The Kier molecular flexibility index (Phi) is 4.39. The third-order valence-electron chi connectivity index (χ3n) is 5.33. The van der Waals surface area contributed by atoms with Gasteiger partial charge in [0.25, 0.3) is 0 Å². The fourth-order valence-corrected chi connectivity index (χ4v) is 3.91. The normalized spacial score (nSPS) is 34.9. The summed E-state index contributed by atoms with van der Waals surface area (Å²) in [5, 5.41) is 9.47. The fraction of sp³-hybridized carbons (Fsp3) is 0.875. The molecule has 1 amide bonds. The summed E-state index contributed by atoms with van der Waals surface area (Å²) in [6.45, 7) is 7.90. The van der Waals surface area contributed by atoms with Crippen molar-refractivity contribution in [3.05, 3.63) is 0 Å². The van der Waals surface area contributed by atoms with E-state index in [2.05, 4.69) is 17.9 Å². The van der Waals surface area contributed by atoms with Crippen molar-refractivity contribution >= 4 is 5.91 Å². The van der Waals surface area contributed by atoms with Gasteiger partial charge in [-0.2, -0.15) is 5.26 Å². The number of nitrogens with zero attached hydrogens (tertiary/aromatic N) is 3. The standard InChI is InChI=1S/C16H27N3O/c1-5-12-6-7-13(11-17)14(10-12)19-9-8-18(4)15(20)16(19,2)3/h12-14H,5-10H2,1-4H3. The van der Waals surface area contributed by atoms with Gasteiger partial charge in [-0.25, -0.2) is 0 Å². The van der Waals surface area contributed by atoms with E-state index in [0.29, 0.717) is 5.92 Å². The summed E-state index contributed by atoms with van der Waals surface area (Å²) in [7, 11) is 1.87. The smallest absolute Gasteiger partial charge is 0.242 e. The van der Waals surface area contributed by atoms with E-state index < -0.39 is 5.54 Å². The molecule has 0 radical (unpaired) electrons. The summed E-state index contributed by atoms with van der Waals surface area (Å²) in [4.78, 5) is 16.6. The van der Waals surface area contributed by atoms with Gasteiger partial charge < -0.3 is 4.90 Å². The van der Waals surface area contributed by atoms with Gasteiger partial charge in [-0.1, -0.05) is 13.3 Å². The van der Waals surface area contributed by atoms with Gasteiger partial charge in [-0.15, -0.1) is 0 Å². The Morgan fingerprint density at radius 3 is 2.65 bits per heavy atom. The first-order valence-electron chi connectivity index (χ1n) is 7.83. The number of carbonyl (C=O) groups excluding carboxylic acids is 1. The molecule has 2 aliphatic rings. The van der Waals surface area contributed by atoms with Crippen molar-refractivity contribution in [3.8, 4) is 6.07 Å². The first-order chi connectivity index (χ1) is 9.41. The van der Waals surface area contributed by atoms with Gasteiger partial charge in [0, 0.05) is 26.2 Å². The van der Waals surface area contributed by atoms with Gasteiger partial charge >= 0.3 is 0 Å². The van der Waals surface area contributed by atoms with Gasteiger partial charge in [-0.05, 0) is 39.0 Å². The molecule has 1 heterocycles. The van der Waals surface area contributed by atoms with Crippen LogP contribution in [-0.4, -0.2) is 47.4 Å². The molecule has 20 heavy (non-hydrogen) atoms. The lowest BCUT2D eigenvalue weighted by atomic mass is 9.75. The quantitative estimate of drug-likeness (QED) is 0.778. The van der Waals surface area contributed by atoms with Gasteiger partial charge in [0.1, 0.15) is 0 Å². The molecule has 4 heteroatoms. The summed E-state index contributed by atoms with van der Waals surface area (Å²) in [5.41, 5.74) is -0.484. The maximum absolute atomic E-state index is 12.4. The number of amides is 1. The average molecular weight is 277 g/mol. The first kappa shape index (κ1) is 15.3. The van der Waals surface area contributed by atoms with Crippen molar-refractivity contribution in [1.82, 2.24) is 9.80 Å². The monoisotopic (exact) mass is 277 g/mol. The van der Waals surface area contributed by atoms with Crippen molar-refractivity contribution < 1.29 is 4.79 Å². The maximum Gasteiger partial charge on any atom is 0.242 e. The zero-order valence-corrected chi connectivity index (χ0v) is 13.2. The highest BCUT2D eigenvalue weighted by atomic mass is 16.2. The molecule has 112 valence electrons. The predicted octanol–water partition coefficient (Wildman–Crippen LogP) is 2.26. The number of likely N-dealkylation sites (N-methyl/N-ethyl adjacent to an activating group) is 1. The van der Waals surface area contributed by atoms with E-state index in [1.807, 2.05) is 25.8 Å². The molecular weight excluding hydrogens is 250 g/mol. The molecular formula is C16H27N3O. The van der Waals surface area contributed by atoms with E-state index in [1.54, 1.807) is 0 Å². The Morgan fingerprint density at radius 1 is 1.35 bits per heavy atom. The molecule has 0 aromatic rings. The molecule has 3 unspecified atom stereocenters. The van der Waals surface area contributed by atoms with Crippen LogP contribution in [0.15, 0.2) is 0 Å². The molecule has 0 aromatic heterocycles. The average Bonchev–Trinajstić information content (AvgIpc) is 2.44. The van der Waals surface area contributed by atoms with Crippen LogP contribution < -0.4 is 0 Å². The zero-order chi connectivity index (χ0) is 14.9. The lowest BCUT2D eigenvalue weighted by molar-refractivity contribution is -0.151. The second-order valence-electron chi connectivity index (χ2n) is 6.87. The highest BCUT2D eigenvalue weighted by Crippen LogP contribution is 2.37. The second-order valence-corrected chi connectivity index (χ2v) is 6.87. The van der Waals surface area contributed by atoms with E-state index in [0.717, 1.165) is 32.4 Å². The molecule has 0 N–H and O–H groups in total. The molecule has 1 aliphatic carbocycles. The van der Waals surface area contributed by atoms with Crippen molar-refractivity contribution in [2.75, 3.05) is 20.1 Å². The van der Waals surface area contributed by atoms with E-state index in [9.17, 15) is 10.1 Å². The maximum atomic E-state index is 12.4. The Balaban J connectivity index is 2.23. The molecule has 0 bridgehead atoms. The lowest BCUT2D eigenvalue weighted by Crippen LogP contribution is -2.66. The van der Waals surface area contributed by atoms with Crippen molar-refractivity contribution in [2.45, 2.75) is 58.0 Å². The van der Waals surface area contributed by atoms with Gasteiger partial charge in [0.05, 0.1) is 17.5 Å². The Hall–Kier alpha value is -1.08. The molecule has 3 atom stereocenters. The molecule has 2 rings (SSSR count). The van der Waals surface area contributed by atoms with E-state index in [4.69, 9.17) is 0 Å². The van der Waals surface area contributed by atoms with E-state index in [-0.39, 0.29) is 17.9 Å². The van der Waals surface area contributed by atoms with Crippen molar-refractivity contribution in [3.63, 3.8) is 0 Å². The number of rotatable bonds is 2. The van der Waals surface area contributed by atoms with Crippen LogP contribution >= 0.6 is 0 Å². The summed E-state index contributed by atoms with van der Waals surface area (Å²) in [5.74, 6) is 0.961. The summed E-state index contributed by atoms with van der Waals surface area (Å²) in [6.07, 6.45) is 4.38. The van der Waals surface area contributed by atoms with Crippen LogP contribution in [0.2, 0.25) is 0 Å². The zero-order valence-electron chi connectivity index (χ0n) is 13.2. The molecule has 1 saturated heterocycles. The van der Waals surface area contributed by atoms with Crippen LogP contribution in [0, 0.1) is 23.2 Å². The Labute approximate surface area is 122 Å². The molecule has 0 aromatic carbocycles. The number of piperazine rings is 1. The Morgan fingerprint density at radius 2 is 2.05 bits per heavy atom. The largest absolute Gasteiger partial charge is 0.343 e.